The maximum atomic E-state index is 12.9. The van der Waals surface area contributed by atoms with Crippen LogP contribution in [-0.2, 0) is 24.4 Å². The number of methoxy groups -OCH3 is 1. The van der Waals surface area contributed by atoms with Gasteiger partial charge in [-0.1, -0.05) is 35.9 Å². The molecule has 0 unspecified atom stereocenters. The molecule has 1 aromatic heterocycles. The molecule has 9 heteroatoms. The standard InChI is InChI=1S/C22H23N5O4/c1-15-5-3-6-16(11-15)13-25-9-10-26-20(21(25)29)24-27(22(26)30)14-19(28)23-17-7-4-8-18(12-17)31-2/h3-8,11-12H,9-10,13-14H2,1-2H3,(H,23,28). The lowest BCUT2D eigenvalue weighted by molar-refractivity contribution is -0.117. The summed E-state index contributed by atoms with van der Waals surface area (Å²) in [5, 5.41) is 6.85. The normalized spacial score (nSPS) is 13.1. The zero-order chi connectivity index (χ0) is 22.0. The number of anilines is 1. The van der Waals surface area contributed by atoms with Crippen LogP contribution < -0.4 is 15.7 Å². The Bertz CT molecular complexity index is 1200. The lowest BCUT2D eigenvalue weighted by atomic mass is 10.1. The molecular weight excluding hydrogens is 398 g/mol. The van der Waals surface area contributed by atoms with Gasteiger partial charge in [-0.05, 0) is 24.6 Å². The molecule has 1 aliphatic heterocycles. The molecular formula is C22H23N5O4. The Morgan fingerprint density at radius 2 is 1.94 bits per heavy atom. The van der Waals surface area contributed by atoms with Crippen LogP contribution >= 0.6 is 0 Å². The molecule has 0 saturated carbocycles. The van der Waals surface area contributed by atoms with E-state index in [1.54, 1.807) is 29.2 Å². The second-order valence-electron chi connectivity index (χ2n) is 7.41. The largest absolute Gasteiger partial charge is 0.497 e. The number of fused-ring (bicyclic) bond motifs is 1. The van der Waals surface area contributed by atoms with E-state index in [0.717, 1.165) is 15.8 Å². The lowest BCUT2D eigenvalue weighted by Crippen LogP contribution is -2.42. The highest BCUT2D eigenvalue weighted by Gasteiger charge is 2.30. The molecule has 2 heterocycles. The van der Waals surface area contributed by atoms with Crippen LogP contribution in [0.25, 0.3) is 0 Å². The van der Waals surface area contributed by atoms with Crippen LogP contribution in [-0.4, -0.2) is 44.7 Å². The molecule has 2 amide bonds. The smallest absolute Gasteiger partial charge is 0.346 e. The highest BCUT2D eigenvalue weighted by atomic mass is 16.5. The Balaban J connectivity index is 1.48. The third-order valence-electron chi connectivity index (χ3n) is 5.10. The average Bonchev–Trinajstić information content (AvgIpc) is 3.06. The van der Waals surface area contributed by atoms with Crippen molar-refractivity contribution >= 4 is 17.5 Å². The van der Waals surface area contributed by atoms with Crippen LogP contribution in [0.2, 0.25) is 0 Å². The molecule has 160 valence electrons. The minimum atomic E-state index is -0.473. The number of hydrogen-bond acceptors (Lipinski definition) is 5. The number of rotatable bonds is 6. The quantitative estimate of drug-likeness (QED) is 0.653. The fraction of sp³-hybridized carbons (Fsp3) is 0.273. The summed E-state index contributed by atoms with van der Waals surface area (Å²) >= 11 is 0. The van der Waals surface area contributed by atoms with Crippen LogP contribution in [0.4, 0.5) is 5.69 Å². The first-order chi connectivity index (χ1) is 14.9. The molecule has 0 atom stereocenters. The zero-order valence-electron chi connectivity index (χ0n) is 17.4. The van der Waals surface area contributed by atoms with E-state index in [9.17, 15) is 14.4 Å². The third-order valence-corrected chi connectivity index (χ3v) is 5.10. The van der Waals surface area contributed by atoms with Crippen molar-refractivity contribution in [1.82, 2.24) is 19.2 Å². The minimum absolute atomic E-state index is 0.0538. The van der Waals surface area contributed by atoms with Crippen LogP contribution in [0, 0.1) is 6.92 Å². The van der Waals surface area contributed by atoms with Crippen LogP contribution in [0.15, 0.2) is 53.3 Å². The van der Waals surface area contributed by atoms with E-state index >= 15 is 0 Å². The summed E-state index contributed by atoms with van der Waals surface area (Å²) in [6.45, 7) is 2.89. The van der Waals surface area contributed by atoms with Gasteiger partial charge < -0.3 is 15.0 Å². The summed E-state index contributed by atoms with van der Waals surface area (Å²) < 4.78 is 7.49. The molecule has 0 saturated heterocycles. The molecule has 0 bridgehead atoms. The lowest BCUT2D eigenvalue weighted by Gasteiger charge is -2.26. The predicted molar refractivity (Wildman–Crippen MR) is 114 cm³/mol. The number of carbonyl (C=O) groups is 2. The first kappa shape index (κ1) is 20.4. The van der Waals surface area contributed by atoms with Crippen molar-refractivity contribution in [1.29, 1.82) is 0 Å². The zero-order valence-corrected chi connectivity index (χ0v) is 17.4. The summed E-state index contributed by atoms with van der Waals surface area (Å²) in [6, 6.07) is 14.8. The summed E-state index contributed by atoms with van der Waals surface area (Å²) in [7, 11) is 1.54. The van der Waals surface area contributed by atoms with Gasteiger partial charge in [-0.3, -0.25) is 14.2 Å². The summed E-state index contributed by atoms with van der Waals surface area (Å²) in [5.74, 6) is -0.0866. The molecule has 2 aromatic carbocycles. The third kappa shape index (κ3) is 4.35. The SMILES string of the molecule is COc1cccc(NC(=O)Cn2nc3n(c2=O)CCN(Cc2cccc(C)c2)C3=O)c1. The molecule has 0 fully saturated rings. The highest BCUT2D eigenvalue weighted by Crippen LogP contribution is 2.17. The van der Waals surface area contributed by atoms with Gasteiger partial charge in [0.25, 0.3) is 5.91 Å². The topological polar surface area (TPSA) is 98.5 Å². The molecule has 4 rings (SSSR count). The van der Waals surface area contributed by atoms with Crippen LogP contribution in [0.5, 0.6) is 5.75 Å². The van der Waals surface area contributed by atoms with Crippen molar-refractivity contribution in [2.75, 3.05) is 19.0 Å². The van der Waals surface area contributed by atoms with E-state index < -0.39 is 11.6 Å². The molecule has 1 N–H and O–H groups in total. The van der Waals surface area contributed by atoms with Gasteiger partial charge in [0.15, 0.2) is 0 Å². The van der Waals surface area contributed by atoms with Gasteiger partial charge in [0.1, 0.15) is 12.3 Å². The Morgan fingerprint density at radius 3 is 2.71 bits per heavy atom. The molecule has 31 heavy (non-hydrogen) atoms. The van der Waals surface area contributed by atoms with Gasteiger partial charge in [-0.2, -0.15) is 0 Å². The number of aromatic nitrogens is 3. The molecule has 1 aliphatic rings. The van der Waals surface area contributed by atoms with Gasteiger partial charge in [0.2, 0.25) is 11.7 Å². The van der Waals surface area contributed by atoms with E-state index in [1.165, 1.54) is 11.7 Å². The predicted octanol–water partition coefficient (Wildman–Crippen LogP) is 1.66. The number of aryl methyl sites for hydroxylation is 1. The van der Waals surface area contributed by atoms with E-state index in [1.807, 2.05) is 31.2 Å². The maximum absolute atomic E-state index is 12.9. The van der Waals surface area contributed by atoms with Crippen molar-refractivity contribution in [3.8, 4) is 5.75 Å². The number of nitrogens with zero attached hydrogens (tertiary/aromatic N) is 4. The molecule has 0 radical (unpaired) electrons. The number of amides is 2. The molecule has 9 nitrogen and oxygen atoms in total. The fourth-order valence-corrected chi connectivity index (χ4v) is 3.59. The Hall–Kier alpha value is -3.88. The summed E-state index contributed by atoms with van der Waals surface area (Å²) in [4.78, 5) is 39.6. The van der Waals surface area contributed by atoms with Crippen molar-refractivity contribution in [3.63, 3.8) is 0 Å². The maximum Gasteiger partial charge on any atom is 0.346 e. The second-order valence-corrected chi connectivity index (χ2v) is 7.41. The Morgan fingerprint density at radius 1 is 1.13 bits per heavy atom. The van der Waals surface area contributed by atoms with E-state index in [0.29, 0.717) is 31.1 Å². The van der Waals surface area contributed by atoms with E-state index in [4.69, 9.17) is 4.74 Å². The van der Waals surface area contributed by atoms with Crippen molar-refractivity contribution in [2.24, 2.45) is 0 Å². The number of hydrogen-bond donors (Lipinski definition) is 1. The summed E-state index contributed by atoms with van der Waals surface area (Å²) in [6.07, 6.45) is 0. The van der Waals surface area contributed by atoms with Crippen LogP contribution in [0.1, 0.15) is 21.7 Å². The van der Waals surface area contributed by atoms with Gasteiger partial charge >= 0.3 is 5.69 Å². The van der Waals surface area contributed by atoms with Gasteiger partial charge in [-0.15, -0.1) is 5.10 Å². The van der Waals surface area contributed by atoms with E-state index in [2.05, 4.69) is 10.4 Å². The molecule has 0 spiro atoms. The van der Waals surface area contributed by atoms with Gasteiger partial charge in [-0.25, -0.2) is 9.48 Å². The number of ether oxygens (including phenoxy) is 1. The Labute approximate surface area is 178 Å². The molecule has 0 aliphatic carbocycles. The summed E-state index contributed by atoms with van der Waals surface area (Å²) in [5.41, 5.74) is 2.20. The second kappa shape index (κ2) is 8.47. The number of benzene rings is 2. The van der Waals surface area contributed by atoms with Crippen LogP contribution in [0.3, 0.4) is 0 Å². The first-order valence-corrected chi connectivity index (χ1v) is 9.91. The highest BCUT2D eigenvalue weighted by molar-refractivity contribution is 5.92. The number of carbonyl (C=O) groups excluding carboxylic acids is 2. The number of nitrogens with one attached hydrogen (secondary N) is 1. The van der Waals surface area contributed by atoms with Gasteiger partial charge in [0.05, 0.1) is 7.11 Å². The fourth-order valence-electron chi connectivity index (χ4n) is 3.59. The molecule has 3 aromatic rings. The van der Waals surface area contributed by atoms with Gasteiger partial charge in [0, 0.05) is 31.4 Å². The van der Waals surface area contributed by atoms with Crippen molar-refractivity contribution < 1.29 is 14.3 Å². The Kier molecular flexibility index (Phi) is 5.57. The monoisotopic (exact) mass is 421 g/mol. The van der Waals surface area contributed by atoms with Crippen molar-refractivity contribution in [2.45, 2.75) is 26.6 Å². The average molecular weight is 421 g/mol. The minimum Gasteiger partial charge on any atom is -0.497 e. The van der Waals surface area contributed by atoms with Crippen molar-refractivity contribution in [3.05, 3.63) is 76.0 Å². The van der Waals surface area contributed by atoms with E-state index in [-0.39, 0.29) is 18.3 Å². The first-order valence-electron chi connectivity index (χ1n) is 9.91.